The lowest BCUT2D eigenvalue weighted by molar-refractivity contribution is -0.387. The first-order valence-corrected chi connectivity index (χ1v) is 20.8. The molecule has 1 unspecified atom stereocenters. The summed E-state index contributed by atoms with van der Waals surface area (Å²) in [6.07, 6.45) is 5.59. The molecule has 2 atom stereocenters. The van der Waals surface area contributed by atoms with Crippen LogP contribution in [0.1, 0.15) is 92.1 Å². The molecule has 1 heterocycles. The molecule has 0 bridgehead atoms. The van der Waals surface area contributed by atoms with Crippen LogP contribution in [0.25, 0.3) is 0 Å². The second kappa shape index (κ2) is 18.0. The second-order valence-corrected chi connectivity index (χ2v) is 19.3. The summed E-state index contributed by atoms with van der Waals surface area (Å²) >= 11 is 6.14. The molecule has 2 aliphatic rings. The van der Waals surface area contributed by atoms with Crippen LogP contribution in [0.3, 0.4) is 0 Å². The van der Waals surface area contributed by atoms with Crippen LogP contribution in [-0.4, -0.2) is 90.4 Å². The molecule has 1 aliphatic carbocycles. The molecule has 0 spiro atoms. The predicted molar refractivity (Wildman–Crippen MR) is 211 cm³/mol. The second-order valence-electron chi connectivity index (χ2n) is 16.8. The largest absolute Gasteiger partial charge is 0.444 e. The number of amides is 3. The van der Waals surface area contributed by atoms with E-state index in [-0.39, 0.29) is 23.8 Å². The van der Waals surface area contributed by atoms with Crippen molar-refractivity contribution in [3.8, 4) is 0 Å². The fraction of sp³-hybridized carbons (Fsp3) is 0.615. The Balaban J connectivity index is 1.61. The molecule has 1 saturated carbocycles. The van der Waals surface area contributed by atoms with Gasteiger partial charge in [-0.2, -0.15) is 0 Å². The number of carbonyl (C=O) groups is 3. The molecule has 16 heteroatoms. The molecule has 1 aliphatic heterocycles. The fourth-order valence-corrected chi connectivity index (χ4v) is 9.39. The van der Waals surface area contributed by atoms with E-state index in [4.69, 9.17) is 16.3 Å². The number of nitro groups is 1. The maximum absolute atomic E-state index is 14.2. The Kier molecular flexibility index (Phi) is 14.4. The van der Waals surface area contributed by atoms with E-state index in [2.05, 4.69) is 16.1 Å². The quantitative estimate of drug-likeness (QED) is 0.160. The van der Waals surface area contributed by atoms with Gasteiger partial charge in [-0.15, -0.1) is 0 Å². The third-order valence-electron chi connectivity index (χ3n) is 10.3. The summed E-state index contributed by atoms with van der Waals surface area (Å²) in [6, 6.07) is 10.8. The van der Waals surface area contributed by atoms with Crippen molar-refractivity contribution in [3.05, 3.63) is 69.2 Å². The van der Waals surface area contributed by atoms with Gasteiger partial charge in [0, 0.05) is 43.3 Å². The standard InChI is InChI=1S/C39H57ClN6O8S/c1-37(2,3)42-35(48)39(28-13-9-8-10-14-28)21-23-45(24-22-39)43-34(47)30(25-27-17-19-29(40)20-18-27)41-26-33(44(7)36(49)54-38(4,5)6)55(52,53)32-16-12-11-15-31(32)46(50)51/h11-12,15-20,28,30,33,41H,8-10,13-14,21-26H2,1-7H3,(H,42,48)(H,43,47)/t30-,33?/m1/s1. The average Bonchev–Trinajstić information content (AvgIpc) is 3.11. The smallest absolute Gasteiger partial charge is 0.411 e. The van der Waals surface area contributed by atoms with Gasteiger partial charge in [0.15, 0.2) is 5.37 Å². The van der Waals surface area contributed by atoms with E-state index in [9.17, 15) is 32.9 Å². The molecule has 1 saturated heterocycles. The van der Waals surface area contributed by atoms with E-state index < -0.39 is 66.3 Å². The normalized spacial score (nSPS) is 18.1. The molecule has 4 rings (SSSR count). The average molecular weight is 805 g/mol. The number of hydrogen-bond donors (Lipinski definition) is 3. The highest BCUT2D eigenvalue weighted by atomic mass is 35.5. The zero-order valence-corrected chi connectivity index (χ0v) is 34.6. The van der Waals surface area contributed by atoms with Crippen LogP contribution in [0, 0.1) is 21.4 Å². The van der Waals surface area contributed by atoms with E-state index in [0.717, 1.165) is 54.7 Å². The number of hydrogen-bond acceptors (Lipinski definition) is 10. The molecular formula is C39H57ClN6O8S. The Labute approximate surface area is 330 Å². The van der Waals surface area contributed by atoms with Crippen LogP contribution in [0.15, 0.2) is 53.4 Å². The number of carbonyl (C=O) groups excluding carboxylic acids is 3. The first kappa shape index (κ1) is 43.9. The third kappa shape index (κ3) is 11.6. The van der Waals surface area contributed by atoms with E-state index in [0.29, 0.717) is 31.0 Å². The van der Waals surface area contributed by atoms with Gasteiger partial charge in [0.2, 0.25) is 15.7 Å². The zero-order chi connectivity index (χ0) is 40.8. The Morgan fingerprint density at radius 1 is 1.00 bits per heavy atom. The molecule has 14 nitrogen and oxygen atoms in total. The lowest BCUT2D eigenvalue weighted by Gasteiger charge is -2.47. The van der Waals surface area contributed by atoms with Gasteiger partial charge in [-0.3, -0.25) is 30.0 Å². The van der Waals surface area contributed by atoms with Crippen molar-refractivity contribution in [2.75, 3.05) is 26.7 Å². The number of ether oxygens (including phenoxy) is 1. The summed E-state index contributed by atoms with van der Waals surface area (Å²) in [4.78, 5) is 52.8. The van der Waals surface area contributed by atoms with Gasteiger partial charge in [-0.1, -0.05) is 55.1 Å². The molecule has 0 radical (unpaired) electrons. The van der Waals surface area contributed by atoms with Gasteiger partial charge in [0.25, 0.3) is 11.6 Å². The molecule has 3 N–H and O–H groups in total. The Morgan fingerprint density at radius 2 is 1.60 bits per heavy atom. The maximum atomic E-state index is 14.2. The molecule has 2 fully saturated rings. The topological polar surface area (TPSA) is 180 Å². The maximum Gasteiger partial charge on any atom is 0.411 e. The summed E-state index contributed by atoms with van der Waals surface area (Å²) in [6.45, 7) is 11.2. The molecule has 0 aromatic heterocycles. The lowest BCUT2D eigenvalue weighted by Crippen LogP contribution is -2.60. The molecular weight excluding hydrogens is 748 g/mol. The van der Waals surface area contributed by atoms with Gasteiger partial charge >= 0.3 is 6.09 Å². The number of sulfone groups is 1. The highest BCUT2D eigenvalue weighted by molar-refractivity contribution is 7.92. The van der Waals surface area contributed by atoms with E-state index in [1.54, 1.807) is 50.0 Å². The number of hydrazine groups is 1. The summed E-state index contributed by atoms with van der Waals surface area (Å²) in [5, 5.41) is 18.8. The number of likely N-dealkylation sites (N-methyl/N-ethyl adjacent to an activating group) is 1. The predicted octanol–water partition coefficient (Wildman–Crippen LogP) is 6.02. The van der Waals surface area contributed by atoms with Gasteiger partial charge in [0.05, 0.1) is 16.4 Å². The zero-order valence-electron chi connectivity index (χ0n) is 33.0. The number of benzene rings is 2. The van der Waals surface area contributed by atoms with Crippen LogP contribution >= 0.6 is 11.6 Å². The minimum atomic E-state index is -4.63. The highest BCUT2D eigenvalue weighted by Gasteiger charge is 2.48. The fourth-order valence-electron chi connectivity index (χ4n) is 7.45. The van der Waals surface area contributed by atoms with Crippen LogP contribution in [0.4, 0.5) is 10.5 Å². The Bertz CT molecular complexity index is 1780. The number of piperidine rings is 1. The van der Waals surface area contributed by atoms with Gasteiger partial charge in [0.1, 0.15) is 10.5 Å². The molecule has 3 amide bonds. The minimum Gasteiger partial charge on any atom is -0.444 e. The van der Waals surface area contributed by atoms with Gasteiger partial charge in [-0.25, -0.2) is 18.2 Å². The minimum absolute atomic E-state index is 0.0557. The molecule has 304 valence electrons. The van der Waals surface area contributed by atoms with Crippen LogP contribution < -0.4 is 16.1 Å². The van der Waals surface area contributed by atoms with Crippen molar-refractivity contribution in [3.63, 3.8) is 0 Å². The van der Waals surface area contributed by atoms with Gasteiger partial charge in [-0.05, 0) is 103 Å². The number of nitro benzene ring substituents is 1. The third-order valence-corrected chi connectivity index (χ3v) is 12.7. The first-order chi connectivity index (χ1) is 25.6. The summed E-state index contributed by atoms with van der Waals surface area (Å²) < 4.78 is 34.0. The van der Waals surface area contributed by atoms with Crippen molar-refractivity contribution >= 4 is 45.0 Å². The first-order valence-electron chi connectivity index (χ1n) is 18.9. The van der Waals surface area contributed by atoms with Crippen molar-refractivity contribution in [1.29, 1.82) is 0 Å². The van der Waals surface area contributed by atoms with Crippen molar-refractivity contribution in [1.82, 2.24) is 26.0 Å². The summed E-state index contributed by atoms with van der Waals surface area (Å²) in [5.74, 6) is -0.150. The number of para-hydroxylation sites is 1. The van der Waals surface area contributed by atoms with Crippen LogP contribution in [-0.2, 0) is 30.6 Å². The number of halogens is 1. The van der Waals surface area contributed by atoms with E-state index in [1.807, 2.05) is 20.8 Å². The summed E-state index contributed by atoms with van der Waals surface area (Å²) in [5.41, 5.74) is 1.17. The monoisotopic (exact) mass is 804 g/mol. The Hall–Kier alpha value is -3.79. The molecule has 2 aromatic carbocycles. The number of nitrogens with zero attached hydrogens (tertiary/aromatic N) is 3. The van der Waals surface area contributed by atoms with Crippen LogP contribution in [0.2, 0.25) is 5.02 Å². The lowest BCUT2D eigenvalue weighted by atomic mass is 9.63. The molecule has 55 heavy (non-hydrogen) atoms. The van der Waals surface area contributed by atoms with Crippen molar-refractivity contribution in [2.24, 2.45) is 11.3 Å². The summed E-state index contributed by atoms with van der Waals surface area (Å²) in [7, 11) is -3.39. The van der Waals surface area contributed by atoms with E-state index in [1.165, 1.54) is 19.2 Å². The van der Waals surface area contributed by atoms with Crippen LogP contribution in [0.5, 0.6) is 0 Å². The number of rotatable bonds is 13. The van der Waals surface area contributed by atoms with Gasteiger partial charge < -0.3 is 15.4 Å². The Morgan fingerprint density at radius 3 is 2.16 bits per heavy atom. The number of nitrogens with one attached hydrogen (secondary N) is 3. The molecule has 2 aromatic rings. The highest BCUT2D eigenvalue weighted by Crippen LogP contribution is 2.46. The van der Waals surface area contributed by atoms with E-state index >= 15 is 0 Å². The van der Waals surface area contributed by atoms with Crippen molar-refractivity contribution < 1.29 is 32.5 Å². The van der Waals surface area contributed by atoms with Crippen molar-refractivity contribution in [2.45, 2.75) is 120 Å². The SMILES string of the molecule is CN(C(=O)OC(C)(C)C)C(CN[C@H](Cc1ccc(Cl)cc1)C(=O)NN1CCC(C(=O)NC(C)(C)C)(C2CCCCC2)CC1)S(=O)(=O)c1ccccc1[N+](=O)[O-].